The van der Waals surface area contributed by atoms with E-state index >= 15 is 4.39 Å². The molecule has 1 aliphatic heterocycles. The number of halogens is 1. The van der Waals surface area contributed by atoms with Crippen LogP contribution in [0.1, 0.15) is 91.4 Å². The maximum atomic E-state index is 15.6. The number of nitrogens with zero attached hydrogens (tertiary/aromatic N) is 2. The molecule has 0 saturated carbocycles. The molecule has 0 aromatic heterocycles. The summed E-state index contributed by atoms with van der Waals surface area (Å²) in [5, 5.41) is 22.9. The Morgan fingerprint density at radius 3 is 2.10 bits per heavy atom. The van der Waals surface area contributed by atoms with Crippen molar-refractivity contribution in [3.8, 4) is 11.5 Å². The highest BCUT2D eigenvalue weighted by atomic mass is 19.1. The van der Waals surface area contributed by atoms with Crippen molar-refractivity contribution < 1.29 is 33.7 Å². The lowest BCUT2D eigenvalue weighted by Crippen LogP contribution is -2.32. The van der Waals surface area contributed by atoms with Crippen LogP contribution in [-0.4, -0.2) is 58.9 Å². The molecule has 1 heterocycles. The number of hydrogen-bond donors (Lipinski definition) is 3. The highest BCUT2D eigenvalue weighted by Crippen LogP contribution is 2.40. The number of carbonyl (C=O) groups is 3. The molecule has 39 heavy (non-hydrogen) atoms. The zero-order valence-electron chi connectivity index (χ0n) is 23.7. The number of phenols is 1. The van der Waals surface area contributed by atoms with Crippen LogP contribution in [-0.2, 0) is 17.4 Å². The number of amidine groups is 1. The number of fused-ring (bicyclic) bond motifs is 1. The van der Waals surface area contributed by atoms with Crippen LogP contribution in [0.4, 0.5) is 9.18 Å². The van der Waals surface area contributed by atoms with Crippen LogP contribution in [0.5, 0.6) is 11.5 Å². The van der Waals surface area contributed by atoms with E-state index in [2.05, 4.69) is 10.3 Å². The van der Waals surface area contributed by atoms with Crippen molar-refractivity contribution in [3.05, 3.63) is 57.4 Å². The van der Waals surface area contributed by atoms with Gasteiger partial charge in [0.05, 0.1) is 18.7 Å². The van der Waals surface area contributed by atoms with E-state index in [4.69, 9.17) is 4.74 Å². The van der Waals surface area contributed by atoms with E-state index in [1.807, 2.05) is 41.5 Å². The summed E-state index contributed by atoms with van der Waals surface area (Å²) in [6.45, 7) is 12.9. The molecule has 0 spiro atoms. The Labute approximate surface area is 227 Å². The Morgan fingerprint density at radius 2 is 1.64 bits per heavy atom. The van der Waals surface area contributed by atoms with Crippen molar-refractivity contribution in [1.82, 2.24) is 10.2 Å². The maximum absolute atomic E-state index is 15.6. The molecule has 2 aromatic rings. The normalized spacial score (nSPS) is 14.4. The molecule has 0 saturated heterocycles. The predicted molar refractivity (Wildman–Crippen MR) is 146 cm³/mol. The smallest absolute Gasteiger partial charge is 0.433 e. The molecule has 2 amide bonds. The maximum Gasteiger partial charge on any atom is 0.433 e. The van der Waals surface area contributed by atoms with Gasteiger partial charge in [0.25, 0.3) is 5.91 Å². The number of benzene rings is 2. The Bertz CT molecular complexity index is 1330. The van der Waals surface area contributed by atoms with Crippen LogP contribution in [0, 0.1) is 5.82 Å². The largest absolute Gasteiger partial charge is 0.507 e. The monoisotopic (exact) mass is 541 g/mol. The zero-order chi connectivity index (χ0) is 29.4. The molecule has 0 fully saturated rings. The number of nitrogens with one attached hydrogen (secondary N) is 1. The van der Waals surface area contributed by atoms with E-state index in [0.717, 1.165) is 0 Å². The first-order chi connectivity index (χ1) is 18.0. The van der Waals surface area contributed by atoms with Crippen LogP contribution in [0.25, 0.3) is 0 Å². The number of Topliss-reactive ketones (excluding diaryl/α,β-unsaturated/α-hetero) is 1. The van der Waals surface area contributed by atoms with E-state index < -0.39 is 28.6 Å². The number of ketones is 1. The van der Waals surface area contributed by atoms with Gasteiger partial charge >= 0.3 is 6.09 Å². The lowest BCUT2D eigenvalue weighted by atomic mass is 9.78. The molecule has 210 valence electrons. The number of carboxylic acid groups (broad SMARTS) is 1. The molecule has 0 bridgehead atoms. The standard InChI is InChI=1S/C29H36FN3O6/c1-9-39-24-17(26(36)31-8)12-16-18(22(24)30)13-33(25(16)32-27(37)38)14-21(34)15-10-19(28(2,3)4)23(35)20(11-15)29(5,6)7/h10-12,35H,9,13-14H2,1-8H3,(H,31,36)(H,37,38). The van der Waals surface area contributed by atoms with Crippen LogP contribution >= 0.6 is 0 Å². The molecular weight excluding hydrogens is 505 g/mol. The van der Waals surface area contributed by atoms with Crippen molar-refractivity contribution in [2.75, 3.05) is 20.2 Å². The molecule has 0 radical (unpaired) electrons. The Balaban J connectivity index is 2.12. The van der Waals surface area contributed by atoms with Gasteiger partial charge in [-0.25, -0.2) is 9.18 Å². The molecule has 0 aliphatic carbocycles. The summed E-state index contributed by atoms with van der Waals surface area (Å²) in [6, 6.07) is 4.62. The fraction of sp³-hybridized carbons (Fsp3) is 0.448. The lowest BCUT2D eigenvalue weighted by Gasteiger charge is -2.28. The third-order valence-corrected chi connectivity index (χ3v) is 6.56. The van der Waals surface area contributed by atoms with Gasteiger partial charge in [-0.2, -0.15) is 4.99 Å². The number of carbonyl (C=O) groups excluding carboxylic acids is 2. The summed E-state index contributed by atoms with van der Waals surface area (Å²) in [5.74, 6) is -2.05. The summed E-state index contributed by atoms with van der Waals surface area (Å²) >= 11 is 0. The minimum absolute atomic E-state index is 0.0790. The molecule has 9 nitrogen and oxygen atoms in total. The van der Waals surface area contributed by atoms with E-state index in [9.17, 15) is 24.6 Å². The number of amides is 2. The van der Waals surface area contributed by atoms with Gasteiger partial charge in [0, 0.05) is 41.4 Å². The van der Waals surface area contributed by atoms with Gasteiger partial charge in [-0.1, -0.05) is 41.5 Å². The number of ether oxygens (including phenoxy) is 1. The minimum Gasteiger partial charge on any atom is -0.507 e. The highest BCUT2D eigenvalue weighted by Gasteiger charge is 2.35. The zero-order valence-corrected chi connectivity index (χ0v) is 23.7. The quantitative estimate of drug-likeness (QED) is 0.439. The number of aromatic hydroxyl groups is 1. The van der Waals surface area contributed by atoms with Gasteiger partial charge in [0.2, 0.25) is 0 Å². The first-order valence-corrected chi connectivity index (χ1v) is 12.7. The molecule has 0 atom stereocenters. The fourth-order valence-corrected chi connectivity index (χ4v) is 4.61. The van der Waals surface area contributed by atoms with Crippen molar-refractivity contribution in [2.45, 2.75) is 65.8 Å². The summed E-state index contributed by atoms with van der Waals surface area (Å²) in [4.78, 5) is 42.7. The lowest BCUT2D eigenvalue weighted by molar-refractivity contribution is 0.0952. The second kappa shape index (κ2) is 10.7. The molecule has 3 rings (SSSR count). The van der Waals surface area contributed by atoms with Crippen molar-refractivity contribution in [1.29, 1.82) is 0 Å². The SMILES string of the molecule is CCOc1c(C(=O)NC)cc2c(c1F)CN(CC(=O)c1cc(C(C)(C)C)c(O)c(C(C)(C)C)c1)C2=NC(=O)O. The van der Waals surface area contributed by atoms with E-state index in [0.29, 0.717) is 16.7 Å². The van der Waals surface area contributed by atoms with Gasteiger partial charge in [0.1, 0.15) is 11.6 Å². The van der Waals surface area contributed by atoms with Gasteiger partial charge in [-0.15, -0.1) is 0 Å². The van der Waals surface area contributed by atoms with Crippen LogP contribution in [0.3, 0.4) is 0 Å². The summed E-state index contributed by atoms with van der Waals surface area (Å²) in [5.41, 5.74) is 0.677. The summed E-state index contributed by atoms with van der Waals surface area (Å²) < 4.78 is 21.0. The van der Waals surface area contributed by atoms with Crippen molar-refractivity contribution in [2.24, 2.45) is 4.99 Å². The average molecular weight is 542 g/mol. The molecule has 1 aliphatic rings. The van der Waals surface area contributed by atoms with Crippen LogP contribution in [0.2, 0.25) is 0 Å². The van der Waals surface area contributed by atoms with Crippen molar-refractivity contribution in [3.63, 3.8) is 0 Å². The van der Waals surface area contributed by atoms with Crippen LogP contribution in [0.15, 0.2) is 23.2 Å². The molecular formula is C29H36FN3O6. The Kier molecular flexibility index (Phi) is 8.10. The average Bonchev–Trinajstić information content (AvgIpc) is 3.15. The summed E-state index contributed by atoms with van der Waals surface area (Å²) in [7, 11) is 1.38. The van der Waals surface area contributed by atoms with Gasteiger partial charge < -0.3 is 25.2 Å². The van der Waals surface area contributed by atoms with Gasteiger partial charge in [0.15, 0.2) is 17.3 Å². The molecule has 3 N–H and O–H groups in total. The number of aliphatic imine (C=N–C) groups is 1. The van der Waals surface area contributed by atoms with Gasteiger partial charge in [-0.3, -0.25) is 9.59 Å². The fourth-order valence-electron chi connectivity index (χ4n) is 4.61. The molecule has 0 unspecified atom stereocenters. The van der Waals surface area contributed by atoms with E-state index in [1.54, 1.807) is 19.1 Å². The van der Waals surface area contributed by atoms with Gasteiger partial charge in [-0.05, 0) is 36.0 Å². The number of rotatable bonds is 6. The second-order valence-electron chi connectivity index (χ2n) is 11.5. The molecule has 2 aromatic carbocycles. The van der Waals surface area contributed by atoms with E-state index in [-0.39, 0.29) is 59.5 Å². The Hall–Kier alpha value is -3.95. The number of hydrogen-bond acceptors (Lipinski definition) is 5. The van der Waals surface area contributed by atoms with Crippen LogP contribution < -0.4 is 10.1 Å². The first-order valence-electron chi connectivity index (χ1n) is 12.7. The number of phenolic OH excluding ortho intramolecular Hbond substituents is 1. The van der Waals surface area contributed by atoms with E-state index in [1.165, 1.54) is 18.0 Å². The predicted octanol–water partition coefficient (Wildman–Crippen LogP) is 5.01. The third kappa shape index (κ3) is 5.89. The topological polar surface area (TPSA) is 129 Å². The third-order valence-electron chi connectivity index (χ3n) is 6.56. The second-order valence-corrected chi connectivity index (χ2v) is 11.5. The summed E-state index contributed by atoms with van der Waals surface area (Å²) in [6.07, 6.45) is -1.53. The highest BCUT2D eigenvalue weighted by molar-refractivity contribution is 6.11. The van der Waals surface area contributed by atoms with Crippen molar-refractivity contribution >= 4 is 23.6 Å². The molecule has 10 heteroatoms. The first kappa shape index (κ1) is 29.6. The Morgan fingerprint density at radius 1 is 1.08 bits per heavy atom. The minimum atomic E-state index is -1.53.